The molecule has 9 heteroatoms. The number of piperidine rings is 1. The van der Waals surface area contributed by atoms with Crippen LogP contribution in [0.25, 0.3) is 0 Å². The van der Waals surface area contributed by atoms with Gasteiger partial charge in [0.05, 0.1) is 4.90 Å². The molecule has 1 aromatic carbocycles. The lowest BCUT2D eigenvalue weighted by molar-refractivity contribution is -0.0229. The van der Waals surface area contributed by atoms with Crippen LogP contribution in [-0.4, -0.2) is 50.7 Å². The summed E-state index contributed by atoms with van der Waals surface area (Å²) in [6, 6.07) is 7.62. The molecule has 2 aromatic rings. The monoisotopic (exact) mass is 419 g/mol. The predicted molar refractivity (Wildman–Crippen MR) is 106 cm³/mol. The fourth-order valence-electron chi connectivity index (χ4n) is 4.18. The Kier molecular flexibility index (Phi) is 5.35. The lowest BCUT2D eigenvalue weighted by atomic mass is 9.74. The molecule has 29 heavy (non-hydrogen) atoms. The summed E-state index contributed by atoms with van der Waals surface area (Å²) in [5.41, 5.74) is 0.496. The highest BCUT2D eigenvalue weighted by Gasteiger charge is 2.38. The Balaban J connectivity index is 1.52. The van der Waals surface area contributed by atoms with Crippen LogP contribution in [0.2, 0.25) is 0 Å². The van der Waals surface area contributed by atoms with E-state index < -0.39 is 10.0 Å². The summed E-state index contributed by atoms with van der Waals surface area (Å²) in [7, 11) is -3.87. The number of aromatic nitrogens is 1. The van der Waals surface area contributed by atoms with Crippen LogP contribution in [-0.2, 0) is 14.8 Å². The van der Waals surface area contributed by atoms with Gasteiger partial charge in [-0.2, -0.15) is 0 Å². The second-order valence-corrected chi connectivity index (χ2v) is 9.58. The van der Waals surface area contributed by atoms with Gasteiger partial charge in [0.25, 0.3) is 15.9 Å². The maximum Gasteiger partial charge on any atom is 0.263 e. The van der Waals surface area contributed by atoms with Crippen LogP contribution in [0.3, 0.4) is 0 Å². The molecule has 1 N–H and O–H groups in total. The van der Waals surface area contributed by atoms with Crippen LogP contribution in [0.1, 0.15) is 41.8 Å². The first-order valence-electron chi connectivity index (χ1n) is 9.80. The number of sulfonamides is 1. The number of benzene rings is 1. The summed E-state index contributed by atoms with van der Waals surface area (Å²) in [6.45, 7) is 4.54. The molecule has 1 spiro atoms. The normalized spacial score (nSPS) is 19.3. The summed E-state index contributed by atoms with van der Waals surface area (Å²) in [6.07, 6.45) is 3.99. The molecular weight excluding hydrogens is 394 g/mol. The Hall–Kier alpha value is -2.39. The van der Waals surface area contributed by atoms with Crippen molar-refractivity contribution in [1.82, 2.24) is 10.1 Å². The van der Waals surface area contributed by atoms with E-state index in [1.165, 1.54) is 18.2 Å². The Labute approximate surface area is 170 Å². The van der Waals surface area contributed by atoms with Gasteiger partial charge in [0.15, 0.2) is 5.82 Å². The van der Waals surface area contributed by atoms with Crippen LogP contribution < -0.4 is 4.72 Å². The minimum absolute atomic E-state index is 0.0155. The highest BCUT2D eigenvalue weighted by atomic mass is 32.2. The van der Waals surface area contributed by atoms with Gasteiger partial charge in [-0.25, -0.2) is 8.42 Å². The van der Waals surface area contributed by atoms with Gasteiger partial charge in [-0.15, -0.1) is 0 Å². The Morgan fingerprint density at radius 2 is 2.00 bits per heavy atom. The van der Waals surface area contributed by atoms with E-state index in [9.17, 15) is 13.2 Å². The van der Waals surface area contributed by atoms with Crippen molar-refractivity contribution in [2.75, 3.05) is 31.0 Å². The minimum atomic E-state index is -3.87. The Morgan fingerprint density at radius 1 is 1.21 bits per heavy atom. The fourth-order valence-corrected chi connectivity index (χ4v) is 5.21. The largest absolute Gasteiger partial charge is 0.381 e. The molecule has 1 amide bonds. The van der Waals surface area contributed by atoms with Crippen LogP contribution in [0.4, 0.5) is 5.82 Å². The Morgan fingerprint density at radius 3 is 2.72 bits per heavy atom. The molecule has 0 bridgehead atoms. The topological polar surface area (TPSA) is 102 Å². The molecule has 1 aromatic heterocycles. The number of hydrogen-bond acceptors (Lipinski definition) is 6. The number of carbonyl (C=O) groups excluding carboxylic acids is 1. The molecule has 0 saturated carbocycles. The molecule has 8 nitrogen and oxygen atoms in total. The van der Waals surface area contributed by atoms with Gasteiger partial charge in [0, 0.05) is 37.9 Å². The molecular formula is C20H25N3O5S. The molecule has 3 heterocycles. The van der Waals surface area contributed by atoms with Crippen molar-refractivity contribution in [1.29, 1.82) is 0 Å². The third-order valence-electron chi connectivity index (χ3n) is 5.76. The van der Waals surface area contributed by atoms with Crippen LogP contribution in [0.5, 0.6) is 0 Å². The van der Waals surface area contributed by atoms with Crippen molar-refractivity contribution in [2.24, 2.45) is 5.41 Å². The van der Waals surface area contributed by atoms with Gasteiger partial charge in [-0.1, -0.05) is 11.2 Å². The zero-order valence-corrected chi connectivity index (χ0v) is 17.2. The number of likely N-dealkylation sites (tertiary alicyclic amines) is 1. The molecule has 0 aliphatic carbocycles. The standard InChI is InChI=1S/C20H25N3O5S/c1-15-12-18(21-28-15)22-29(25,26)17-5-2-4-16(13-17)19(24)23-9-3-6-20(14-23)7-10-27-11-8-20/h2,4-5,12-13H,3,6-11,14H2,1H3,(H,21,22). The van der Waals surface area contributed by atoms with Crippen molar-refractivity contribution in [3.05, 3.63) is 41.7 Å². The minimum Gasteiger partial charge on any atom is -0.381 e. The number of aryl methyl sites for hydroxylation is 1. The number of ether oxygens (including phenoxy) is 1. The first-order valence-corrected chi connectivity index (χ1v) is 11.3. The number of nitrogens with zero attached hydrogens (tertiary/aromatic N) is 2. The molecule has 2 aliphatic heterocycles. The van der Waals surface area contributed by atoms with Crippen molar-refractivity contribution < 1.29 is 22.5 Å². The van der Waals surface area contributed by atoms with Gasteiger partial charge in [0.1, 0.15) is 5.76 Å². The molecule has 0 unspecified atom stereocenters. The van der Waals surface area contributed by atoms with Crippen LogP contribution >= 0.6 is 0 Å². The second-order valence-electron chi connectivity index (χ2n) is 7.90. The predicted octanol–water partition coefficient (Wildman–Crippen LogP) is 2.82. The second kappa shape index (κ2) is 7.79. The van der Waals surface area contributed by atoms with E-state index in [2.05, 4.69) is 9.88 Å². The summed E-state index contributed by atoms with van der Waals surface area (Å²) < 4.78 is 38.1. The van der Waals surface area contributed by atoms with E-state index in [4.69, 9.17) is 9.26 Å². The summed E-state index contributed by atoms with van der Waals surface area (Å²) >= 11 is 0. The number of amides is 1. The number of anilines is 1. The van der Waals surface area contributed by atoms with Gasteiger partial charge >= 0.3 is 0 Å². The maximum atomic E-state index is 13.1. The van der Waals surface area contributed by atoms with Gasteiger partial charge in [-0.3, -0.25) is 9.52 Å². The average molecular weight is 420 g/mol. The van der Waals surface area contributed by atoms with Crippen LogP contribution in [0, 0.1) is 12.3 Å². The smallest absolute Gasteiger partial charge is 0.263 e. The van der Waals surface area contributed by atoms with Crippen LogP contribution in [0.15, 0.2) is 39.8 Å². The van der Waals surface area contributed by atoms with E-state index in [1.807, 2.05) is 4.90 Å². The number of hydrogen-bond donors (Lipinski definition) is 1. The SMILES string of the molecule is Cc1cc(NS(=O)(=O)c2cccc(C(=O)N3CCCC4(CCOCC4)C3)c2)no1. The zero-order chi connectivity index (χ0) is 20.5. The van der Waals surface area contributed by atoms with Gasteiger partial charge in [-0.05, 0) is 56.2 Å². The quantitative estimate of drug-likeness (QED) is 0.818. The molecule has 0 radical (unpaired) electrons. The van der Waals surface area contributed by atoms with Crippen molar-refractivity contribution in [3.63, 3.8) is 0 Å². The van der Waals surface area contributed by atoms with E-state index >= 15 is 0 Å². The first kappa shape index (κ1) is 19.9. The number of rotatable bonds is 4. The third-order valence-corrected chi connectivity index (χ3v) is 7.11. The molecule has 2 fully saturated rings. The Bertz CT molecular complexity index is 990. The maximum absolute atomic E-state index is 13.1. The highest BCUT2D eigenvalue weighted by molar-refractivity contribution is 7.92. The number of nitrogens with one attached hydrogen (secondary N) is 1. The van der Waals surface area contributed by atoms with Crippen molar-refractivity contribution in [3.8, 4) is 0 Å². The summed E-state index contributed by atoms with van der Waals surface area (Å²) in [5, 5.41) is 3.66. The zero-order valence-electron chi connectivity index (χ0n) is 16.4. The highest BCUT2D eigenvalue weighted by Crippen LogP contribution is 2.39. The van der Waals surface area contributed by atoms with Crippen molar-refractivity contribution in [2.45, 2.75) is 37.5 Å². The lowest BCUT2D eigenvalue weighted by Gasteiger charge is -2.45. The van der Waals surface area contributed by atoms with E-state index in [1.54, 1.807) is 19.1 Å². The lowest BCUT2D eigenvalue weighted by Crippen LogP contribution is -2.48. The molecule has 0 atom stereocenters. The molecule has 2 saturated heterocycles. The van der Waals surface area contributed by atoms with Gasteiger partial charge in [0.2, 0.25) is 0 Å². The summed E-state index contributed by atoms with van der Waals surface area (Å²) in [4.78, 5) is 15.0. The summed E-state index contributed by atoms with van der Waals surface area (Å²) in [5.74, 6) is 0.473. The third kappa shape index (κ3) is 4.30. The molecule has 2 aliphatic rings. The van der Waals surface area contributed by atoms with E-state index in [0.29, 0.717) is 24.4 Å². The average Bonchev–Trinajstić information content (AvgIpc) is 3.12. The molecule has 4 rings (SSSR count). The van der Waals surface area contributed by atoms with Gasteiger partial charge < -0.3 is 14.2 Å². The van der Waals surface area contributed by atoms with E-state index in [0.717, 1.165) is 38.9 Å². The fraction of sp³-hybridized carbons (Fsp3) is 0.500. The first-order chi connectivity index (χ1) is 13.9. The molecule has 156 valence electrons. The van der Waals surface area contributed by atoms with E-state index in [-0.39, 0.29) is 22.0 Å². The van der Waals surface area contributed by atoms with Crippen molar-refractivity contribution >= 4 is 21.7 Å². The number of carbonyl (C=O) groups is 1.